The zero-order valence-corrected chi connectivity index (χ0v) is 25.6. The second kappa shape index (κ2) is 11.6. The number of nitrogens with zero attached hydrogens (tertiary/aromatic N) is 3. The van der Waals surface area contributed by atoms with Crippen LogP contribution in [0.15, 0.2) is 35.3 Å². The van der Waals surface area contributed by atoms with Gasteiger partial charge in [0.2, 0.25) is 5.91 Å². The number of aliphatic imine (C=N–C) groups is 1. The van der Waals surface area contributed by atoms with Crippen molar-refractivity contribution >= 4 is 29.6 Å². The van der Waals surface area contributed by atoms with Crippen LogP contribution in [0.1, 0.15) is 83.3 Å². The van der Waals surface area contributed by atoms with Crippen molar-refractivity contribution in [2.24, 2.45) is 10.9 Å². The first-order chi connectivity index (χ1) is 20.9. The smallest absolute Gasteiger partial charge is 0.410 e. The Hall–Kier alpha value is -3.76. The molecule has 1 N–H and O–H groups in total. The molecule has 4 aliphatic heterocycles. The second-order valence-electron chi connectivity index (χ2n) is 13.7. The number of fused-ring (bicyclic) bond motifs is 3. The third-order valence-electron chi connectivity index (χ3n) is 9.26. The Morgan fingerprint density at radius 2 is 1.95 bits per heavy atom. The number of allylic oxidation sites excluding steroid dienone is 1. The van der Waals surface area contributed by atoms with E-state index in [1.807, 2.05) is 0 Å². The van der Waals surface area contributed by atoms with E-state index < -0.39 is 41.5 Å². The number of hydrogen-bond acceptors (Lipinski definition) is 7. The number of hydrogen-bond donors (Lipinski definition) is 1. The summed E-state index contributed by atoms with van der Waals surface area (Å²) < 4.78 is 25.7. The first-order valence-corrected chi connectivity index (χ1v) is 15.7. The van der Waals surface area contributed by atoms with Crippen molar-refractivity contribution in [2.75, 3.05) is 6.54 Å². The molecule has 5 aliphatic rings. The largest absolute Gasteiger partial charge is 0.444 e. The molecule has 5 atom stereocenters. The number of amides is 3. The molecule has 3 amide bonds. The van der Waals surface area contributed by atoms with Gasteiger partial charge in [-0.3, -0.25) is 19.5 Å². The normalized spacial score (nSPS) is 30.0. The molecule has 0 aromatic heterocycles. The van der Waals surface area contributed by atoms with E-state index in [2.05, 4.69) is 17.5 Å². The van der Waals surface area contributed by atoms with Crippen LogP contribution in [-0.2, 0) is 32.2 Å². The highest BCUT2D eigenvalue weighted by Gasteiger charge is 2.62. The zero-order chi connectivity index (χ0) is 31.2. The van der Waals surface area contributed by atoms with Gasteiger partial charge in [-0.25, -0.2) is 14.0 Å². The number of carbonyl (C=O) groups excluding carboxylic acids is 4. The zero-order valence-electron chi connectivity index (χ0n) is 25.6. The number of halogens is 1. The van der Waals surface area contributed by atoms with Gasteiger partial charge in [0.25, 0.3) is 0 Å². The highest BCUT2D eigenvalue weighted by atomic mass is 19.1. The first-order valence-electron chi connectivity index (χ1n) is 15.7. The van der Waals surface area contributed by atoms with E-state index in [1.165, 1.54) is 11.0 Å². The minimum atomic E-state index is -0.848. The minimum Gasteiger partial charge on any atom is -0.444 e. The molecule has 236 valence electrons. The predicted octanol–water partition coefficient (Wildman–Crippen LogP) is 4.83. The first kappa shape index (κ1) is 30.3. The molecule has 2 fully saturated rings. The fourth-order valence-corrected chi connectivity index (χ4v) is 6.95. The lowest BCUT2D eigenvalue weighted by atomic mass is 10.0. The fraction of sp³-hybridized carbons (Fsp3) is 0.606. The number of rotatable bonds is 2. The summed E-state index contributed by atoms with van der Waals surface area (Å²) in [5.74, 6) is -0.547. The number of ether oxygens (including phenoxy) is 2. The Labute approximate surface area is 257 Å². The van der Waals surface area contributed by atoms with E-state index in [1.54, 1.807) is 37.8 Å². The van der Waals surface area contributed by atoms with E-state index in [-0.39, 0.29) is 55.9 Å². The molecule has 1 aromatic rings. The van der Waals surface area contributed by atoms with Gasteiger partial charge in [0, 0.05) is 36.6 Å². The maximum Gasteiger partial charge on any atom is 0.410 e. The van der Waals surface area contributed by atoms with E-state index in [9.17, 15) is 23.6 Å². The van der Waals surface area contributed by atoms with E-state index in [0.29, 0.717) is 24.1 Å². The topological polar surface area (TPSA) is 118 Å². The number of carbonyl (C=O) groups is 4. The van der Waals surface area contributed by atoms with Crippen molar-refractivity contribution in [1.82, 2.24) is 15.1 Å². The van der Waals surface area contributed by atoms with Crippen molar-refractivity contribution in [3.63, 3.8) is 0 Å². The molecular formula is C33H41FN4O6. The maximum atomic E-state index is 14.3. The van der Waals surface area contributed by atoms with E-state index in [0.717, 1.165) is 31.2 Å². The van der Waals surface area contributed by atoms with Gasteiger partial charge in [-0.05, 0) is 58.1 Å². The summed E-state index contributed by atoms with van der Waals surface area (Å²) in [5, 5.41) is 2.79. The second-order valence-corrected chi connectivity index (χ2v) is 13.7. The van der Waals surface area contributed by atoms with Gasteiger partial charge in [0.1, 0.15) is 29.1 Å². The number of Topliss-reactive ketones (excluding diaryl/α,β-unsaturated/α-hetero) is 1. The van der Waals surface area contributed by atoms with Gasteiger partial charge in [0.05, 0.1) is 19.1 Å². The van der Waals surface area contributed by atoms with Gasteiger partial charge < -0.3 is 19.7 Å². The summed E-state index contributed by atoms with van der Waals surface area (Å²) in [6.07, 6.45) is 7.25. The van der Waals surface area contributed by atoms with Crippen molar-refractivity contribution in [2.45, 2.75) is 115 Å². The van der Waals surface area contributed by atoms with Crippen LogP contribution in [0, 0.1) is 11.7 Å². The molecule has 6 rings (SSSR count). The lowest BCUT2D eigenvalue weighted by Gasteiger charge is -2.30. The van der Waals surface area contributed by atoms with E-state index in [4.69, 9.17) is 14.5 Å². The Bertz CT molecular complexity index is 1420. The van der Waals surface area contributed by atoms with Crippen LogP contribution < -0.4 is 5.32 Å². The van der Waals surface area contributed by atoms with Gasteiger partial charge in [0.15, 0.2) is 5.78 Å². The van der Waals surface area contributed by atoms with E-state index >= 15 is 0 Å². The summed E-state index contributed by atoms with van der Waals surface area (Å²) in [6.45, 7) is 5.73. The molecule has 1 saturated heterocycles. The van der Waals surface area contributed by atoms with Crippen molar-refractivity contribution < 1.29 is 33.0 Å². The van der Waals surface area contributed by atoms with Crippen molar-refractivity contribution in [3.05, 3.63) is 47.3 Å². The average molecular weight is 609 g/mol. The maximum absolute atomic E-state index is 14.3. The molecule has 1 saturated carbocycles. The number of ketones is 1. The SMILES string of the molecule is CC(C)(C)OC(=O)N[C@H]1CCCCCC=C[C@@H]2C[C@@]23N=C(CC3=O)[C@@H]2C[C@@H](OC(=O)N3Cc4cccc(F)c4C3)CN2C1=O. The summed E-state index contributed by atoms with van der Waals surface area (Å²) in [7, 11) is 0. The lowest BCUT2D eigenvalue weighted by Crippen LogP contribution is -2.52. The quantitative estimate of drug-likeness (QED) is 0.481. The third kappa shape index (κ3) is 6.10. The summed E-state index contributed by atoms with van der Waals surface area (Å²) in [6, 6.07) is 3.39. The number of benzene rings is 1. The third-order valence-corrected chi connectivity index (χ3v) is 9.26. The van der Waals surface area contributed by atoms with Crippen molar-refractivity contribution in [1.29, 1.82) is 0 Å². The van der Waals surface area contributed by atoms with Gasteiger partial charge in [-0.1, -0.05) is 37.1 Å². The molecular weight excluding hydrogens is 567 g/mol. The van der Waals surface area contributed by atoms with Crippen LogP contribution in [0.4, 0.5) is 14.0 Å². The summed E-state index contributed by atoms with van der Waals surface area (Å²) >= 11 is 0. The molecule has 44 heavy (non-hydrogen) atoms. The van der Waals surface area contributed by atoms with Crippen LogP contribution >= 0.6 is 0 Å². The Kier molecular flexibility index (Phi) is 8.00. The lowest BCUT2D eigenvalue weighted by molar-refractivity contribution is -0.134. The molecule has 11 heteroatoms. The monoisotopic (exact) mass is 608 g/mol. The molecule has 1 spiro atoms. The average Bonchev–Trinajstić information content (AvgIpc) is 3.24. The van der Waals surface area contributed by atoms with Crippen molar-refractivity contribution in [3.8, 4) is 0 Å². The molecule has 4 heterocycles. The molecule has 0 unspecified atom stereocenters. The standard InChI is InChI=1S/C33H41FN4O6/c1-32(2,3)44-30(41)35-25-13-8-6-4-5-7-11-21-16-33(21)28(39)15-26(36-33)27-14-22(18-38(27)29(25)40)43-31(42)37-17-20-10-9-12-24(34)23(20)19-37/h7,9-12,21-22,25,27H,4-6,8,13-19H2,1-3H3,(H,35,41)/t21-,22-,25+,27+,33-/m1/s1. The number of alkyl carbamates (subject to hydrolysis) is 1. The Morgan fingerprint density at radius 1 is 1.14 bits per heavy atom. The highest BCUT2D eigenvalue weighted by molar-refractivity contribution is 6.16. The van der Waals surface area contributed by atoms with Gasteiger partial charge in [-0.15, -0.1) is 0 Å². The Balaban J connectivity index is 1.24. The molecule has 1 aromatic carbocycles. The summed E-state index contributed by atoms with van der Waals surface area (Å²) in [5.41, 5.74) is 0.353. The van der Waals surface area contributed by atoms with Crippen LogP contribution in [0.2, 0.25) is 0 Å². The van der Waals surface area contributed by atoms with Gasteiger partial charge in [-0.2, -0.15) is 0 Å². The van der Waals surface area contributed by atoms with Crippen LogP contribution in [0.3, 0.4) is 0 Å². The molecule has 2 bridgehead atoms. The highest BCUT2D eigenvalue weighted by Crippen LogP contribution is 2.53. The molecule has 10 nitrogen and oxygen atoms in total. The van der Waals surface area contributed by atoms with Crippen LogP contribution in [0.5, 0.6) is 0 Å². The molecule has 1 aliphatic carbocycles. The molecule has 0 radical (unpaired) electrons. The minimum absolute atomic E-state index is 0.0578. The van der Waals surface area contributed by atoms with Crippen LogP contribution in [-0.4, -0.2) is 75.3 Å². The number of nitrogens with one attached hydrogen (secondary N) is 1. The van der Waals surface area contributed by atoms with Crippen LogP contribution in [0.25, 0.3) is 0 Å². The predicted molar refractivity (Wildman–Crippen MR) is 159 cm³/mol. The van der Waals surface area contributed by atoms with Gasteiger partial charge >= 0.3 is 12.2 Å². The fourth-order valence-electron chi connectivity index (χ4n) is 6.95. The Morgan fingerprint density at radius 3 is 2.73 bits per heavy atom. The summed E-state index contributed by atoms with van der Waals surface area (Å²) in [4.78, 5) is 61.5.